The second-order valence-electron chi connectivity index (χ2n) is 3.44. The molecule has 0 saturated carbocycles. The number of aromatic nitrogens is 2. The highest BCUT2D eigenvalue weighted by atomic mass is 79.9. The molecule has 1 heterocycles. The maximum Gasteiger partial charge on any atom is 0.123 e. The Morgan fingerprint density at radius 2 is 2.25 bits per heavy atom. The van der Waals surface area contributed by atoms with E-state index in [9.17, 15) is 4.39 Å². The van der Waals surface area contributed by atoms with Crippen LogP contribution in [0.15, 0.2) is 28.9 Å². The van der Waals surface area contributed by atoms with E-state index in [0.29, 0.717) is 12.2 Å². The molecule has 0 aliphatic rings. The van der Waals surface area contributed by atoms with E-state index in [1.54, 1.807) is 6.07 Å². The molecule has 5 heteroatoms. The van der Waals surface area contributed by atoms with Crippen molar-refractivity contribution in [1.29, 1.82) is 0 Å². The molecule has 3 nitrogen and oxygen atoms in total. The molecule has 0 saturated heterocycles. The Kier molecular flexibility index (Phi) is 3.07. The Balaban J connectivity index is 2.56. The molecule has 0 amide bonds. The SMILES string of the molecule is Cn1c(CN)nc(-c2cccc(F)c2)c1Br. The van der Waals surface area contributed by atoms with Gasteiger partial charge in [-0.2, -0.15) is 0 Å². The van der Waals surface area contributed by atoms with Crippen molar-refractivity contribution in [2.24, 2.45) is 12.8 Å². The fraction of sp³-hybridized carbons (Fsp3) is 0.182. The van der Waals surface area contributed by atoms with Gasteiger partial charge in [-0.05, 0) is 28.1 Å². The van der Waals surface area contributed by atoms with Crippen molar-refractivity contribution >= 4 is 15.9 Å². The zero-order valence-corrected chi connectivity index (χ0v) is 10.3. The first-order valence-electron chi connectivity index (χ1n) is 4.80. The van der Waals surface area contributed by atoms with Gasteiger partial charge in [0.15, 0.2) is 0 Å². The number of rotatable bonds is 2. The van der Waals surface area contributed by atoms with Crippen LogP contribution in [0.4, 0.5) is 4.39 Å². The van der Waals surface area contributed by atoms with Gasteiger partial charge in [-0.25, -0.2) is 9.37 Å². The summed E-state index contributed by atoms with van der Waals surface area (Å²) in [6, 6.07) is 6.34. The first-order valence-corrected chi connectivity index (χ1v) is 5.60. The normalized spacial score (nSPS) is 10.8. The molecule has 2 rings (SSSR count). The monoisotopic (exact) mass is 283 g/mol. The molecule has 84 valence electrons. The largest absolute Gasteiger partial charge is 0.324 e. The van der Waals surface area contributed by atoms with Crippen molar-refractivity contribution in [3.05, 3.63) is 40.5 Å². The van der Waals surface area contributed by atoms with Crippen LogP contribution in [0.25, 0.3) is 11.3 Å². The average molecular weight is 284 g/mol. The summed E-state index contributed by atoms with van der Waals surface area (Å²) in [6.45, 7) is 0.352. The molecule has 0 radical (unpaired) electrons. The summed E-state index contributed by atoms with van der Waals surface area (Å²) >= 11 is 3.43. The van der Waals surface area contributed by atoms with Gasteiger partial charge >= 0.3 is 0 Å². The van der Waals surface area contributed by atoms with Crippen LogP contribution in [0.2, 0.25) is 0 Å². The lowest BCUT2D eigenvalue weighted by Gasteiger charge is -1.99. The third-order valence-electron chi connectivity index (χ3n) is 2.40. The van der Waals surface area contributed by atoms with Crippen molar-refractivity contribution in [1.82, 2.24) is 9.55 Å². The summed E-state index contributed by atoms with van der Waals surface area (Å²) in [4.78, 5) is 4.36. The average Bonchev–Trinajstić information content (AvgIpc) is 2.56. The maximum atomic E-state index is 13.1. The molecule has 1 aromatic carbocycles. The fourth-order valence-corrected chi connectivity index (χ4v) is 2.05. The van der Waals surface area contributed by atoms with Gasteiger partial charge in [0.25, 0.3) is 0 Å². The van der Waals surface area contributed by atoms with E-state index in [1.807, 2.05) is 17.7 Å². The van der Waals surface area contributed by atoms with Crippen LogP contribution in [0.5, 0.6) is 0 Å². The highest BCUT2D eigenvalue weighted by Gasteiger charge is 2.13. The van der Waals surface area contributed by atoms with Crippen LogP contribution >= 0.6 is 15.9 Å². The van der Waals surface area contributed by atoms with Crippen LogP contribution in [0.3, 0.4) is 0 Å². The zero-order valence-electron chi connectivity index (χ0n) is 8.74. The first-order chi connectivity index (χ1) is 7.63. The van der Waals surface area contributed by atoms with Crippen LogP contribution in [-0.4, -0.2) is 9.55 Å². The molecule has 0 aliphatic heterocycles. The topological polar surface area (TPSA) is 43.8 Å². The lowest BCUT2D eigenvalue weighted by molar-refractivity contribution is 0.628. The summed E-state index contributed by atoms with van der Waals surface area (Å²) in [5, 5.41) is 0. The van der Waals surface area contributed by atoms with Gasteiger partial charge in [-0.15, -0.1) is 0 Å². The molecule has 1 aromatic heterocycles. The van der Waals surface area contributed by atoms with E-state index < -0.39 is 0 Å². The van der Waals surface area contributed by atoms with Gasteiger partial charge in [0.05, 0.1) is 6.54 Å². The lowest BCUT2D eigenvalue weighted by atomic mass is 10.2. The summed E-state index contributed by atoms with van der Waals surface area (Å²) in [7, 11) is 1.86. The molecular weight excluding hydrogens is 273 g/mol. The molecule has 16 heavy (non-hydrogen) atoms. The van der Waals surface area contributed by atoms with Crippen LogP contribution in [0, 0.1) is 5.82 Å². The molecule has 2 aromatic rings. The standard InChI is InChI=1S/C11H11BrFN3/c1-16-9(6-14)15-10(11(16)12)7-3-2-4-8(13)5-7/h2-5H,6,14H2,1H3. The molecule has 0 unspecified atom stereocenters. The van der Waals surface area contributed by atoms with Gasteiger partial charge in [0.2, 0.25) is 0 Å². The Hall–Kier alpha value is -1.20. The van der Waals surface area contributed by atoms with Gasteiger partial charge < -0.3 is 10.3 Å². The number of nitrogens with two attached hydrogens (primary N) is 1. The number of benzene rings is 1. The second-order valence-corrected chi connectivity index (χ2v) is 4.19. The zero-order chi connectivity index (χ0) is 11.7. The molecule has 0 bridgehead atoms. The highest BCUT2D eigenvalue weighted by molar-refractivity contribution is 9.10. The Morgan fingerprint density at radius 1 is 1.50 bits per heavy atom. The van der Waals surface area contributed by atoms with Crippen molar-refractivity contribution in [3.8, 4) is 11.3 Å². The summed E-state index contributed by atoms with van der Waals surface area (Å²) in [6.07, 6.45) is 0. The smallest absolute Gasteiger partial charge is 0.123 e. The van der Waals surface area contributed by atoms with E-state index in [1.165, 1.54) is 12.1 Å². The van der Waals surface area contributed by atoms with Gasteiger partial charge in [-0.3, -0.25) is 0 Å². The van der Waals surface area contributed by atoms with Crippen molar-refractivity contribution in [3.63, 3.8) is 0 Å². The maximum absolute atomic E-state index is 13.1. The van der Waals surface area contributed by atoms with E-state index in [2.05, 4.69) is 20.9 Å². The predicted octanol–water partition coefficient (Wildman–Crippen LogP) is 2.45. The number of hydrogen-bond donors (Lipinski definition) is 1. The Bertz CT molecular complexity index is 522. The van der Waals surface area contributed by atoms with Gasteiger partial charge in [0.1, 0.15) is 21.9 Å². The molecule has 0 fully saturated rings. The van der Waals surface area contributed by atoms with Crippen LogP contribution in [0.1, 0.15) is 5.82 Å². The van der Waals surface area contributed by atoms with E-state index in [-0.39, 0.29) is 5.82 Å². The van der Waals surface area contributed by atoms with Gasteiger partial charge in [0, 0.05) is 12.6 Å². The number of imidazole rings is 1. The number of nitrogens with zero attached hydrogens (tertiary/aromatic N) is 2. The third-order valence-corrected chi connectivity index (χ3v) is 3.31. The number of halogens is 2. The van der Waals surface area contributed by atoms with Gasteiger partial charge in [-0.1, -0.05) is 12.1 Å². The van der Waals surface area contributed by atoms with Crippen molar-refractivity contribution < 1.29 is 4.39 Å². The minimum atomic E-state index is -0.274. The molecular formula is C11H11BrFN3. The van der Waals surface area contributed by atoms with E-state index >= 15 is 0 Å². The van der Waals surface area contributed by atoms with E-state index in [0.717, 1.165) is 16.0 Å². The fourth-order valence-electron chi connectivity index (χ4n) is 1.52. The third kappa shape index (κ3) is 1.88. The molecule has 0 atom stereocenters. The van der Waals surface area contributed by atoms with Crippen molar-refractivity contribution in [2.75, 3.05) is 0 Å². The summed E-state index contributed by atoms with van der Waals surface area (Å²) in [5.74, 6) is 0.482. The summed E-state index contributed by atoms with van der Waals surface area (Å²) < 4.78 is 15.8. The second kappa shape index (κ2) is 4.35. The molecule has 2 N–H and O–H groups in total. The van der Waals surface area contributed by atoms with E-state index in [4.69, 9.17) is 5.73 Å². The first kappa shape index (κ1) is 11.3. The number of hydrogen-bond acceptors (Lipinski definition) is 2. The molecule has 0 spiro atoms. The van der Waals surface area contributed by atoms with Crippen LogP contribution in [-0.2, 0) is 13.6 Å². The lowest BCUT2D eigenvalue weighted by Crippen LogP contribution is -2.04. The molecule has 0 aliphatic carbocycles. The van der Waals surface area contributed by atoms with Crippen molar-refractivity contribution in [2.45, 2.75) is 6.54 Å². The van der Waals surface area contributed by atoms with Crippen LogP contribution < -0.4 is 5.73 Å². The predicted molar refractivity (Wildman–Crippen MR) is 64.2 cm³/mol. The summed E-state index contributed by atoms with van der Waals surface area (Å²) in [5.41, 5.74) is 7.01. The Labute approximate surface area is 101 Å². The minimum Gasteiger partial charge on any atom is -0.324 e. The minimum absolute atomic E-state index is 0.274. The quantitative estimate of drug-likeness (QED) is 0.920. The Morgan fingerprint density at radius 3 is 2.81 bits per heavy atom. The highest BCUT2D eigenvalue weighted by Crippen LogP contribution is 2.28.